The Kier molecular flexibility index (Phi) is 6.55. The van der Waals surface area contributed by atoms with Crippen LogP contribution < -0.4 is 19.1 Å². The van der Waals surface area contributed by atoms with Gasteiger partial charge in [0.2, 0.25) is 0 Å². The van der Waals surface area contributed by atoms with Crippen LogP contribution in [-0.4, -0.2) is 52.3 Å². The van der Waals surface area contributed by atoms with E-state index >= 15 is 0 Å². The maximum absolute atomic E-state index is 13.6. The molecule has 168 valence electrons. The first-order valence-corrected chi connectivity index (χ1v) is 11.3. The molecule has 3 aromatic rings. The van der Waals surface area contributed by atoms with Crippen LogP contribution in [0.2, 0.25) is 0 Å². The maximum Gasteiger partial charge on any atom is 0.254 e. The van der Waals surface area contributed by atoms with Gasteiger partial charge in [-0.3, -0.25) is 4.79 Å². The van der Waals surface area contributed by atoms with Crippen molar-refractivity contribution in [2.45, 2.75) is 12.5 Å². The van der Waals surface area contributed by atoms with Crippen LogP contribution in [0.1, 0.15) is 26.8 Å². The number of ether oxygens (including phenoxy) is 3. The smallest absolute Gasteiger partial charge is 0.254 e. The predicted octanol–water partition coefficient (Wildman–Crippen LogP) is 4.65. The normalized spacial score (nSPS) is 15.1. The fraction of sp³-hybridized carbons (Fsp3) is 0.320. The van der Waals surface area contributed by atoms with Crippen molar-refractivity contribution in [3.8, 4) is 16.6 Å². The fourth-order valence-electron chi connectivity index (χ4n) is 3.89. The third-order valence-electron chi connectivity index (χ3n) is 5.67. The summed E-state index contributed by atoms with van der Waals surface area (Å²) in [5, 5.41) is 0.855. The summed E-state index contributed by atoms with van der Waals surface area (Å²) in [5.41, 5.74) is 2.77. The number of carbonyl (C=O) groups is 1. The Morgan fingerprint density at radius 3 is 2.50 bits per heavy atom. The summed E-state index contributed by atoms with van der Waals surface area (Å²) < 4.78 is 16.8. The lowest BCUT2D eigenvalue weighted by atomic mass is 9.99. The molecule has 0 N–H and O–H groups in total. The molecular formula is C25H28N2O4S. The molecule has 1 atom stereocenters. The van der Waals surface area contributed by atoms with Crippen LogP contribution in [0.5, 0.6) is 16.6 Å². The zero-order chi connectivity index (χ0) is 22.7. The van der Waals surface area contributed by atoms with Crippen molar-refractivity contribution >= 4 is 22.9 Å². The molecule has 0 saturated carbocycles. The highest BCUT2D eigenvalue weighted by Crippen LogP contribution is 2.40. The Balaban J connectivity index is 1.62. The van der Waals surface area contributed by atoms with Gasteiger partial charge in [-0.1, -0.05) is 6.07 Å². The SMILES string of the molecule is COc1ccc(OCC2c3cc(OC)sc3CCN2C(=O)c2cccc(N(C)C)c2)cc1. The van der Waals surface area contributed by atoms with E-state index in [1.54, 1.807) is 25.6 Å². The topological polar surface area (TPSA) is 51.2 Å². The number of amides is 1. The summed E-state index contributed by atoms with van der Waals surface area (Å²) in [4.78, 5) is 18.7. The molecule has 32 heavy (non-hydrogen) atoms. The Morgan fingerprint density at radius 1 is 1.06 bits per heavy atom. The van der Waals surface area contributed by atoms with Gasteiger partial charge in [-0.2, -0.15) is 0 Å². The average molecular weight is 453 g/mol. The lowest BCUT2D eigenvalue weighted by molar-refractivity contribution is 0.0592. The second kappa shape index (κ2) is 9.53. The van der Waals surface area contributed by atoms with Crippen LogP contribution in [0, 0.1) is 0 Å². The lowest BCUT2D eigenvalue weighted by Gasteiger charge is -2.36. The van der Waals surface area contributed by atoms with Crippen molar-refractivity contribution in [1.29, 1.82) is 0 Å². The van der Waals surface area contributed by atoms with Gasteiger partial charge in [0, 0.05) is 36.8 Å². The number of fused-ring (bicyclic) bond motifs is 1. The van der Waals surface area contributed by atoms with Gasteiger partial charge in [-0.05, 0) is 60.5 Å². The lowest BCUT2D eigenvalue weighted by Crippen LogP contribution is -2.42. The third-order valence-corrected chi connectivity index (χ3v) is 6.84. The Labute approximate surface area is 192 Å². The van der Waals surface area contributed by atoms with Gasteiger partial charge in [0.15, 0.2) is 5.06 Å². The molecule has 2 heterocycles. The number of hydrogen-bond donors (Lipinski definition) is 0. The van der Waals surface area contributed by atoms with E-state index in [0.29, 0.717) is 18.7 Å². The molecule has 4 rings (SSSR count). The van der Waals surface area contributed by atoms with Gasteiger partial charge >= 0.3 is 0 Å². The van der Waals surface area contributed by atoms with E-state index in [1.165, 1.54) is 4.88 Å². The number of benzene rings is 2. The zero-order valence-corrected chi connectivity index (χ0v) is 19.6. The van der Waals surface area contributed by atoms with Crippen molar-refractivity contribution in [2.75, 3.05) is 46.4 Å². The van der Waals surface area contributed by atoms with Crippen molar-refractivity contribution < 1.29 is 19.0 Å². The number of thiophene rings is 1. The quantitative estimate of drug-likeness (QED) is 0.522. The molecular weight excluding hydrogens is 424 g/mol. The Bertz CT molecular complexity index is 1080. The van der Waals surface area contributed by atoms with Gasteiger partial charge in [-0.25, -0.2) is 0 Å². The molecule has 1 aromatic heterocycles. The molecule has 0 fully saturated rings. The molecule has 2 aromatic carbocycles. The molecule has 6 nitrogen and oxygen atoms in total. The van der Waals surface area contributed by atoms with Crippen LogP contribution in [0.4, 0.5) is 5.69 Å². The first kappa shape index (κ1) is 22.0. The average Bonchev–Trinajstić information content (AvgIpc) is 3.26. The second-order valence-electron chi connectivity index (χ2n) is 7.84. The number of rotatable bonds is 7. The second-order valence-corrected chi connectivity index (χ2v) is 8.94. The molecule has 0 bridgehead atoms. The number of hydrogen-bond acceptors (Lipinski definition) is 6. The van der Waals surface area contributed by atoms with Crippen LogP contribution in [-0.2, 0) is 6.42 Å². The highest BCUT2D eigenvalue weighted by Gasteiger charge is 2.34. The summed E-state index contributed by atoms with van der Waals surface area (Å²) in [6, 6.07) is 17.1. The van der Waals surface area contributed by atoms with E-state index in [2.05, 4.69) is 0 Å². The van der Waals surface area contributed by atoms with E-state index in [4.69, 9.17) is 14.2 Å². The first-order chi connectivity index (χ1) is 15.5. The van der Waals surface area contributed by atoms with E-state index in [0.717, 1.165) is 34.2 Å². The summed E-state index contributed by atoms with van der Waals surface area (Å²) in [6.45, 7) is 0.997. The Hall–Kier alpha value is -3.19. The number of anilines is 1. The summed E-state index contributed by atoms with van der Waals surface area (Å²) in [6.07, 6.45) is 0.807. The van der Waals surface area contributed by atoms with Gasteiger partial charge in [-0.15, -0.1) is 11.3 Å². The fourth-order valence-corrected chi connectivity index (χ4v) is 4.91. The highest BCUT2D eigenvalue weighted by atomic mass is 32.1. The molecule has 1 unspecified atom stereocenters. The standard InChI is InChI=1S/C25H28N2O4S/c1-26(2)18-7-5-6-17(14-18)25(28)27-13-12-23-21(15-24(30-4)32-23)22(27)16-31-20-10-8-19(29-3)9-11-20/h5-11,14-15,22H,12-13,16H2,1-4H3. The number of nitrogens with zero attached hydrogens (tertiary/aromatic N) is 2. The minimum atomic E-state index is -0.198. The largest absolute Gasteiger partial charge is 0.497 e. The summed E-state index contributed by atoms with van der Waals surface area (Å²) in [7, 11) is 7.26. The van der Waals surface area contributed by atoms with E-state index in [-0.39, 0.29) is 11.9 Å². The molecule has 0 radical (unpaired) electrons. The van der Waals surface area contributed by atoms with Crippen LogP contribution in [0.3, 0.4) is 0 Å². The third kappa shape index (κ3) is 4.53. The minimum Gasteiger partial charge on any atom is -0.497 e. The number of methoxy groups -OCH3 is 2. The van der Waals surface area contributed by atoms with Gasteiger partial charge < -0.3 is 24.0 Å². The van der Waals surface area contributed by atoms with Crippen LogP contribution in [0.25, 0.3) is 0 Å². The molecule has 0 aliphatic carbocycles. The van der Waals surface area contributed by atoms with E-state index in [9.17, 15) is 4.79 Å². The Morgan fingerprint density at radius 2 is 1.81 bits per heavy atom. The van der Waals surface area contributed by atoms with Crippen LogP contribution >= 0.6 is 11.3 Å². The number of carbonyl (C=O) groups excluding carboxylic acids is 1. The van der Waals surface area contributed by atoms with Gasteiger partial charge in [0.05, 0.1) is 20.3 Å². The molecule has 1 aliphatic rings. The molecule has 1 aliphatic heterocycles. The van der Waals surface area contributed by atoms with Gasteiger partial charge in [0.1, 0.15) is 18.1 Å². The summed E-state index contributed by atoms with van der Waals surface area (Å²) >= 11 is 1.64. The highest BCUT2D eigenvalue weighted by molar-refractivity contribution is 7.14. The van der Waals surface area contributed by atoms with E-state index < -0.39 is 0 Å². The first-order valence-electron chi connectivity index (χ1n) is 10.5. The minimum absolute atomic E-state index is 0.00727. The van der Waals surface area contributed by atoms with E-state index in [1.807, 2.05) is 78.5 Å². The summed E-state index contributed by atoms with van der Waals surface area (Å²) in [5.74, 6) is 1.52. The zero-order valence-electron chi connectivity index (χ0n) is 18.8. The molecule has 0 saturated heterocycles. The van der Waals surface area contributed by atoms with Crippen LogP contribution in [0.15, 0.2) is 54.6 Å². The predicted molar refractivity (Wildman–Crippen MR) is 128 cm³/mol. The maximum atomic E-state index is 13.6. The molecule has 0 spiro atoms. The molecule has 1 amide bonds. The monoisotopic (exact) mass is 452 g/mol. The van der Waals surface area contributed by atoms with Crippen molar-refractivity contribution in [3.05, 3.63) is 70.6 Å². The van der Waals surface area contributed by atoms with Crippen molar-refractivity contribution in [1.82, 2.24) is 4.90 Å². The van der Waals surface area contributed by atoms with Crippen molar-refractivity contribution in [3.63, 3.8) is 0 Å². The van der Waals surface area contributed by atoms with Gasteiger partial charge in [0.25, 0.3) is 5.91 Å². The van der Waals surface area contributed by atoms with Crippen molar-refractivity contribution in [2.24, 2.45) is 0 Å². The molecule has 7 heteroatoms.